The maximum Gasteiger partial charge on any atom is 0.255 e. The smallest absolute Gasteiger partial charge is 0.255 e. The summed E-state index contributed by atoms with van der Waals surface area (Å²) < 4.78 is 40.0. The van der Waals surface area contributed by atoms with Crippen molar-refractivity contribution in [1.29, 1.82) is 0 Å². The summed E-state index contributed by atoms with van der Waals surface area (Å²) in [7, 11) is 0. The molecule has 1 aliphatic heterocycles. The van der Waals surface area contributed by atoms with Gasteiger partial charge < -0.3 is 10.2 Å². The van der Waals surface area contributed by atoms with Crippen molar-refractivity contribution in [3.05, 3.63) is 53.6 Å². The summed E-state index contributed by atoms with van der Waals surface area (Å²) in [5.74, 6) is -4.27. The van der Waals surface area contributed by atoms with Gasteiger partial charge in [0.2, 0.25) is 0 Å². The van der Waals surface area contributed by atoms with Crippen LogP contribution in [0.15, 0.2) is 30.6 Å². The normalized spacial score (nSPS) is 14.5. The third kappa shape index (κ3) is 3.34. The molecule has 2 heterocycles. The molecule has 2 aromatic rings. The molecule has 1 fully saturated rings. The summed E-state index contributed by atoms with van der Waals surface area (Å²) in [5.41, 5.74) is 0.464. The van der Waals surface area contributed by atoms with Gasteiger partial charge in [0, 0.05) is 19.3 Å². The minimum Gasteiger partial charge on any atom is -0.352 e. The van der Waals surface area contributed by atoms with E-state index in [9.17, 15) is 18.0 Å². The second kappa shape index (κ2) is 6.90. The Morgan fingerprint density at radius 2 is 1.79 bits per heavy atom. The number of pyridine rings is 1. The van der Waals surface area contributed by atoms with Crippen LogP contribution in [0.5, 0.6) is 0 Å². The number of anilines is 2. The van der Waals surface area contributed by atoms with E-state index in [1.807, 2.05) is 0 Å². The maximum atomic E-state index is 13.7. The lowest BCUT2D eigenvalue weighted by Crippen LogP contribution is -2.35. The summed E-state index contributed by atoms with van der Waals surface area (Å²) in [6.45, 7) is 1.41. The quantitative estimate of drug-likeness (QED) is 0.866. The Hall–Kier alpha value is -2.57. The molecular weight excluding hydrogens is 319 g/mol. The van der Waals surface area contributed by atoms with E-state index in [-0.39, 0.29) is 11.6 Å². The highest BCUT2D eigenvalue weighted by Gasteiger charge is 2.19. The monoisotopic (exact) mass is 335 g/mol. The van der Waals surface area contributed by atoms with Gasteiger partial charge in [-0.15, -0.1) is 0 Å². The molecule has 4 nitrogen and oxygen atoms in total. The molecule has 24 heavy (non-hydrogen) atoms. The predicted molar refractivity (Wildman–Crippen MR) is 83.6 cm³/mol. The largest absolute Gasteiger partial charge is 0.352 e. The van der Waals surface area contributed by atoms with Gasteiger partial charge in [0.1, 0.15) is 0 Å². The van der Waals surface area contributed by atoms with Crippen molar-refractivity contribution in [1.82, 2.24) is 9.88 Å². The molecule has 1 aromatic carbocycles. The molecule has 0 unspecified atom stereocenters. The Bertz CT molecular complexity index is 761. The number of benzene rings is 1. The molecule has 1 N–H and O–H groups in total. The third-order valence-electron chi connectivity index (χ3n) is 3.94. The van der Waals surface area contributed by atoms with Crippen LogP contribution in [-0.2, 0) is 0 Å². The van der Waals surface area contributed by atoms with Crippen LogP contribution in [0.3, 0.4) is 0 Å². The third-order valence-corrected chi connectivity index (χ3v) is 3.94. The summed E-state index contributed by atoms with van der Waals surface area (Å²) in [5, 5.41) is 2.62. The van der Waals surface area contributed by atoms with Crippen LogP contribution in [0.25, 0.3) is 0 Å². The van der Waals surface area contributed by atoms with E-state index in [0.29, 0.717) is 24.3 Å². The maximum absolute atomic E-state index is 13.7. The molecule has 0 saturated carbocycles. The lowest BCUT2D eigenvalue weighted by molar-refractivity contribution is 0.0724. The number of nitrogens with zero attached hydrogens (tertiary/aromatic N) is 2. The van der Waals surface area contributed by atoms with Gasteiger partial charge in [0.15, 0.2) is 17.5 Å². The first kappa shape index (κ1) is 16.3. The first-order valence-corrected chi connectivity index (χ1v) is 7.71. The molecule has 0 radical (unpaired) electrons. The van der Waals surface area contributed by atoms with Crippen LogP contribution in [0.4, 0.5) is 24.5 Å². The standard InChI is InChI=1S/C17H16F3N3O/c18-13-4-5-14(16(20)15(13)19)22-12-8-11(9-21-10-12)17(24)23-6-2-1-3-7-23/h4-5,8-10,22H,1-3,6-7H2. The van der Waals surface area contributed by atoms with Gasteiger partial charge in [-0.3, -0.25) is 9.78 Å². The second-order valence-corrected chi connectivity index (χ2v) is 5.66. The SMILES string of the molecule is O=C(c1cncc(Nc2ccc(F)c(F)c2F)c1)N1CCCCC1. The highest BCUT2D eigenvalue weighted by molar-refractivity contribution is 5.95. The Balaban J connectivity index is 1.80. The van der Waals surface area contributed by atoms with Crippen molar-refractivity contribution in [3.63, 3.8) is 0 Å². The molecule has 0 atom stereocenters. The molecule has 0 spiro atoms. The van der Waals surface area contributed by atoms with Crippen molar-refractivity contribution in [2.45, 2.75) is 19.3 Å². The average Bonchev–Trinajstić information content (AvgIpc) is 2.62. The van der Waals surface area contributed by atoms with E-state index in [1.165, 1.54) is 18.5 Å². The van der Waals surface area contributed by atoms with Crippen LogP contribution < -0.4 is 5.32 Å². The number of amides is 1. The molecular formula is C17H16F3N3O. The van der Waals surface area contributed by atoms with Gasteiger partial charge in [-0.2, -0.15) is 0 Å². The fraction of sp³-hybridized carbons (Fsp3) is 0.294. The second-order valence-electron chi connectivity index (χ2n) is 5.66. The van der Waals surface area contributed by atoms with Crippen LogP contribution in [0.1, 0.15) is 29.6 Å². The van der Waals surface area contributed by atoms with Crippen molar-refractivity contribution >= 4 is 17.3 Å². The van der Waals surface area contributed by atoms with Crippen LogP contribution in [-0.4, -0.2) is 28.9 Å². The summed E-state index contributed by atoms with van der Waals surface area (Å²) in [6, 6.07) is 3.44. The van der Waals surface area contributed by atoms with E-state index < -0.39 is 17.5 Å². The number of hydrogen-bond acceptors (Lipinski definition) is 3. The van der Waals surface area contributed by atoms with Gasteiger partial charge in [-0.1, -0.05) is 0 Å². The highest BCUT2D eigenvalue weighted by atomic mass is 19.2. The van der Waals surface area contributed by atoms with Crippen molar-refractivity contribution < 1.29 is 18.0 Å². The van der Waals surface area contributed by atoms with Crippen LogP contribution in [0.2, 0.25) is 0 Å². The molecule has 126 valence electrons. The molecule has 1 saturated heterocycles. The predicted octanol–water partition coefficient (Wildman–Crippen LogP) is 3.87. The Kier molecular flexibility index (Phi) is 4.69. The van der Waals surface area contributed by atoms with E-state index in [4.69, 9.17) is 0 Å². The van der Waals surface area contributed by atoms with E-state index in [0.717, 1.165) is 31.4 Å². The lowest BCUT2D eigenvalue weighted by Gasteiger charge is -2.26. The number of carbonyl (C=O) groups excluding carboxylic acids is 1. The van der Waals surface area contributed by atoms with Crippen molar-refractivity contribution in [3.8, 4) is 0 Å². The Morgan fingerprint density at radius 3 is 2.54 bits per heavy atom. The Morgan fingerprint density at radius 1 is 1.04 bits per heavy atom. The van der Waals surface area contributed by atoms with Crippen molar-refractivity contribution in [2.75, 3.05) is 18.4 Å². The minimum atomic E-state index is -1.55. The minimum absolute atomic E-state index is 0.142. The van der Waals surface area contributed by atoms with E-state index >= 15 is 0 Å². The first-order chi connectivity index (χ1) is 11.6. The zero-order valence-electron chi connectivity index (χ0n) is 12.9. The molecule has 1 aromatic heterocycles. The molecule has 0 bridgehead atoms. The van der Waals surface area contributed by atoms with Crippen LogP contribution in [0, 0.1) is 17.5 Å². The zero-order valence-corrected chi connectivity index (χ0v) is 12.9. The fourth-order valence-corrected chi connectivity index (χ4v) is 2.68. The van der Waals surface area contributed by atoms with E-state index in [1.54, 1.807) is 4.90 Å². The first-order valence-electron chi connectivity index (χ1n) is 7.71. The number of rotatable bonds is 3. The van der Waals surface area contributed by atoms with Gasteiger partial charge in [-0.25, -0.2) is 13.2 Å². The van der Waals surface area contributed by atoms with Crippen molar-refractivity contribution in [2.24, 2.45) is 0 Å². The molecule has 1 amide bonds. The highest BCUT2D eigenvalue weighted by Crippen LogP contribution is 2.24. The zero-order chi connectivity index (χ0) is 17.1. The Labute approximate surface area is 137 Å². The molecule has 1 aliphatic rings. The topological polar surface area (TPSA) is 45.2 Å². The van der Waals surface area contributed by atoms with E-state index in [2.05, 4.69) is 10.3 Å². The number of likely N-dealkylation sites (tertiary alicyclic amines) is 1. The number of carbonyl (C=O) groups is 1. The van der Waals surface area contributed by atoms with Gasteiger partial charge in [0.25, 0.3) is 5.91 Å². The van der Waals surface area contributed by atoms with Gasteiger partial charge >= 0.3 is 0 Å². The summed E-state index contributed by atoms with van der Waals surface area (Å²) >= 11 is 0. The molecule has 3 rings (SSSR count). The summed E-state index contributed by atoms with van der Waals surface area (Å²) in [6.07, 6.45) is 5.87. The van der Waals surface area contributed by atoms with Gasteiger partial charge in [0.05, 0.1) is 23.1 Å². The number of hydrogen-bond donors (Lipinski definition) is 1. The van der Waals surface area contributed by atoms with Crippen LogP contribution >= 0.6 is 0 Å². The summed E-state index contributed by atoms with van der Waals surface area (Å²) in [4.78, 5) is 18.2. The number of nitrogens with one attached hydrogen (secondary N) is 1. The molecule has 7 heteroatoms. The number of aromatic nitrogens is 1. The lowest BCUT2D eigenvalue weighted by atomic mass is 10.1. The average molecular weight is 335 g/mol. The fourth-order valence-electron chi connectivity index (χ4n) is 2.68. The van der Waals surface area contributed by atoms with Gasteiger partial charge in [-0.05, 0) is 37.5 Å². The number of piperidine rings is 1. The molecule has 0 aliphatic carbocycles. The number of halogens is 3.